The fourth-order valence-corrected chi connectivity index (χ4v) is 2.39. The van der Waals surface area contributed by atoms with Crippen LogP contribution >= 0.6 is 0 Å². The zero-order valence-corrected chi connectivity index (χ0v) is 13.4. The molecule has 0 unspecified atom stereocenters. The summed E-state index contributed by atoms with van der Waals surface area (Å²) in [6.45, 7) is 6.76. The number of carbonyl (C=O) groups is 1. The topological polar surface area (TPSA) is 38.3 Å². The lowest BCUT2D eigenvalue weighted by Crippen LogP contribution is -2.15. The van der Waals surface area contributed by atoms with E-state index in [1.165, 1.54) is 0 Å². The summed E-state index contributed by atoms with van der Waals surface area (Å²) in [5.41, 5.74) is 2.59. The van der Waals surface area contributed by atoms with Crippen molar-refractivity contribution in [2.24, 2.45) is 0 Å². The van der Waals surface area contributed by atoms with Crippen molar-refractivity contribution in [2.75, 3.05) is 11.9 Å². The summed E-state index contributed by atoms with van der Waals surface area (Å²) in [5.74, 6) is 0.877. The highest BCUT2D eigenvalue weighted by Crippen LogP contribution is 2.27. The van der Waals surface area contributed by atoms with Crippen molar-refractivity contribution in [3.05, 3.63) is 59.7 Å². The molecule has 0 aliphatic carbocycles. The molecule has 0 radical (unpaired) electrons. The number of rotatable bonds is 6. The Kier molecular flexibility index (Phi) is 5.59. The maximum Gasteiger partial charge on any atom is 0.259 e. The molecule has 1 atom stereocenters. The van der Waals surface area contributed by atoms with Gasteiger partial charge in [0.2, 0.25) is 0 Å². The van der Waals surface area contributed by atoms with Gasteiger partial charge in [0.1, 0.15) is 5.75 Å². The van der Waals surface area contributed by atoms with E-state index in [4.69, 9.17) is 4.74 Å². The molecule has 116 valence electrons. The van der Waals surface area contributed by atoms with E-state index in [1.54, 1.807) is 6.07 Å². The van der Waals surface area contributed by atoms with Crippen molar-refractivity contribution in [2.45, 2.75) is 33.1 Å². The van der Waals surface area contributed by atoms with Crippen LogP contribution in [-0.2, 0) is 0 Å². The number of anilines is 1. The molecule has 3 heteroatoms. The minimum Gasteiger partial charge on any atom is -0.493 e. The van der Waals surface area contributed by atoms with Crippen LogP contribution in [0.15, 0.2) is 48.5 Å². The van der Waals surface area contributed by atoms with Crippen molar-refractivity contribution >= 4 is 11.6 Å². The lowest BCUT2D eigenvalue weighted by atomic mass is 9.96. The van der Waals surface area contributed by atoms with E-state index in [1.807, 2.05) is 43.3 Å². The predicted molar refractivity (Wildman–Crippen MR) is 90.7 cm³/mol. The second-order valence-corrected chi connectivity index (χ2v) is 5.28. The van der Waals surface area contributed by atoms with Gasteiger partial charge >= 0.3 is 0 Å². The van der Waals surface area contributed by atoms with Crippen LogP contribution in [0.3, 0.4) is 0 Å². The third-order valence-electron chi connectivity index (χ3n) is 3.78. The lowest BCUT2D eigenvalue weighted by Gasteiger charge is -2.16. The first-order chi connectivity index (χ1) is 10.7. The number of benzene rings is 2. The Morgan fingerprint density at radius 3 is 2.50 bits per heavy atom. The number of amides is 1. The molecule has 0 aromatic heterocycles. The Balaban J connectivity index is 2.27. The summed E-state index contributed by atoms with van der Waals surface area (Å²) in [6, 6.07) is 15.3. The van der Waals surface area contributed by atoms with Gasteiger partial charge in [-0.3, -0.25) is 4.79 Å². The van der Waals surface area contributed by atoms with E-state index >= 15 is 0 Å². The number of hydrogen-bond acceptors (Lipinski definition) is 2. The first kappa shape index (κ1) is 16.1. The van der Waals surface area contributed by atoms with Gasteiger partial charge in [-0.1, -0.05) is 44.2 Å². The molecule has 1 N–H and O–H groups in total. The molecule has 0 aliphatic heterocycles. The van der Waals surface area contributed by atoms with Gasteiger partial charge in [0, 0.05) is 5.69 Å². The van der Waals surface area contributed by atoms with Gasteiger partial charge in [-0.05, 0) is 43.0 Å². The summed E-state index contributed by atoms with van der Waals surface area (Å²) in [5, 5.41) is 3.02. The Morgan fingerprint density at radius 2 is 1.77 bits per heavy atom. The van der Waals surface area contributed by atoms with Gasteiger partial charge in [-0.25, -0.2) is 0 Å². The smallest absolute Gasteiger partial charge is 0.259 e. The molecule has 22 heavy (non-hydrogen) atoms. The van der Waals surface area contributed by atoms with Gasteiger partial charge in [0.15, 0.2) is 0 Å². The highest BCUT2D eigenvalue weighted by molar-refractivity contribution is 6.06. The molecule has 2 rings (SSSR count). The number of ether oxygens (including phenoxy) is 1. The molecule has 0 saturated heterocycles. The van der Waals surface area contributed by atoms with Crippen molar-refractivity contribution in [1.29, 1.82) is 0 Å². The maximum atomic E-state index is 12.6. The van der Waals surface area contributed by atoms with Crippen LogP contribution in [-0.4, -0.2) is 12.5 Å². The van der Waals surface area contributed by atoms with Crippen LogP contribution in [0.25, 0.3) is 0 Å². The molecule has 3 nitrogen and oxygen atoms in total. The average Bonchev–Trinajstić information content (AvgIpc) is 2.55. The summed E-state index contributed by atoms with van der Waals surface area (Å²) >= 11 is 0. The van der Waals surface area contributed by atoms with Crippen molar-refractivity contribution < 1.29 is 9.53 Å². The highest BCUT2D eigenvalue weighted by atomic mass is 16.5. The summed E-state index contributed by atoms with van der Waals surface area (Å²) < 4.78 is 5.53. The molecule has 2 aromatic carbocycles. The number of para-hydroxylation sites is 2. The standard InChI is InChI=1S/C19H23NO2/c1-4-14(3)15-10-6-8-12-17(15)20-19(21)16-11-7-9-13-18(16)22-5-2/h6-14H,4-5H2,1-3H3,(H,20,21)/t14-/m1/s1. The minimum absolute atomic E-state index is 0.139. The summed E-state index contributed by atoms with van der Waals surface area (Å²) in [7, 11) is 0. The van der Waals surface area contributed by atoms with Crippen molar-refractivity contribution in [3.8, 4) is 5.75 Å². The minimum atomic E-state index is -0.139. The van der Waals surface area contributed by atoms with E-state index in [-0.39, 0.29) is 5.91 Å². The number of carbonyl (C=O) groups excluding carboxylic acids is 1. The third-order valence-corrected chi connectivity index (χ3v) is 3.78. The normalized spacial score (nSPS) is 11.8. The summed E-state index contributed by atoms with van der Waals surface area (Å²) in [6.07, 6.45) is 1.03. The highest BCUT2D eigenvalue weighted by Gasteiger charge is 2.15. The van der Waals surface area contributed by atoms with E-state index in [2.05, 4.69) is 25.2 Å². The Morgan fingerprint density at radius 1 is 1.09 bits per heavy atom. The van der Waals surface area contributed by atoms with Gasteiger partial charge in [0.05, 0.1) is 12.2 Å². The van der Waals surface area contributed by atoms with Crippen LogP contribution in [0.4, 0.5) is 5.69 Å². The maximum absolute atomic E-state index is 12.6. The van der Waals surface area contributed by atoms with Gasteiger partial charge in [-0.15, -0.1) is 0 Å². The van der Waals surface area contributed by atoms with Crippen LogP contribution in [0.1, 0.15) is 49.0 Å². The fraction of sp³-hybridized carbons (Fsp3) is 0.316. The Hall–Kier alpha value is -2.29. The Labute approximate surface area is 132 Å². The molecule has 0 heterocycles. The molecule has 0 fully saturated rings. The van der Waals surface area contributed by atoms with Crippen molar-refractivity contribution in [1.82, 2.24) is 0 Å². The largest absolute Gasteiger partial charge is 0.493 e. The monoisotopic (exact) mass is 297 g/mol. The quantitative estimate of drug-likeness (QED) is 0.827. The number of hydrogen-bond donors (Lipinski definition) is 1. The van der Waals surface area contributed by atoms with Crippen molar-refractivity contribution in [3.63, 3.8) is 0 Å². The zero-order chi connectivity index (χ0) is 15.9. The van der Waals surface area contributed by atoms with Gasteiger partial charge in [-0.2, -0.15) is 0 Å². The van der Waals surface area contributed by atoms with Crippen LogP contribution in [0.2, 0.25) is 0 Å². The van der Waals surface area contributed by atoms with Gasteiger partial charge < -0.3 is 10.1 Å². The molecule has 0 spiro atoms. The third kappa shape index (κ3) is 3.67. The molecule has 0 saturated carbocycles. The molecule has 0 aliphatic rings. The first-order valence-corrected chi connectivity index (χ1v) is 7.79. The Bertz CT molecular complexity index is 637. The molecular weight excluding hydrogens is 274 g/mol. The van der Waals surface area contributed by atoms with Crippen LogP contribution < -0.4 is 10.1 Å². The number of nitrogens with one attached hydrogen (secondary N) is 1. The lowest BCUT2D eigenvalue weighted by molar-refractivity contribution is 0.102. The molecule has 1 amide bonds. The molecule has 2 aromatic rings. The molecular formula is C19H23NO2. The predicted octanol–water partition coefficient (Wildman–Crippen LogP) is 4.85. The second kappa shape index (κ2) is 7.64. The zero-order valence-electron chi connectivity index (χ0n) is 13.4. The summed E-state index contributed by atoms with van der Waals surface area (Å²) in [4.78, 5) is 12.6. The van der Waals surface area contributed by atoms with E-state index in [0.29, 0.717) is 23.8 Å². The van der Waals surface area contributed by atoms with Crippen LogP contribution in [0.5, 0.6) is 5.75 Å². The van der Waals surface area contributed by atoms with E-state index in [9.17, 15) is 4.79 Å². The van der Waals surface area contributed by atoms with Gasteiger partial charge in [0.25, 0.3) is 5.91 Å². The SMILES string of the molecule is CCOc1ccccc1C(=O)Nc1ccccc1[C@H](C)CC. The van der Waals surface area contributed by atoms with E-state index < -0.39 is 0 Å². The van der Waals surface area contributed by atoms with E-state index in [0.717, 1.165) is 17.7 Å². The second-order valence-electron chi connectivity index (χ2n) is 5.28. The first-order valence-electron chi connectivity index (χ1n) is 7.79. The fourth-order valence-electron chi connectivity index (χ4n) is 2.39. The average molecular weight is 297 g/mol. The molecule has 0 bridgehead atoms. The van der Waals surface area contributed by atoms with Crippen LogP contribution in [0, 0.1) is 0 Å².